The third kappa shape index (κ3) is 13.0. The number of rotatable bonds is 18. The Morgan fingerprint density at radius 3 is 1.29 bits per heavy atom. The largest absolute Gasteiger partial charge is 0.492 e. The Bertz CT molecular complexity index is 1040. The second kappa shape index (κ2) is 19.4. The van der Waals surface area contributed by atoms with Crippen molar-refractivity contribution in [3.8, 4) is 11.5 Å². The Balaban J connectivity index is 0.970. The number of benzene rings is 2. The first-order valence-electron chi connectivity index (χ1n) is 16.8. The molecule has 0 atom stereocenters. The minimum atomic E-state index is -0.0491. The summed E-state index contributed by atoms with van der Waals surface area (Å²) in [6, 6.07) is 14.8. The molecule has 2 amide bonds. The van der Waals surface area contributed by atoms with Crippen molar-refractivity contribution in [3.63, 3.8) is 0 Å². The van der Waals surface area contributed by atoms with Crippen LogP contribution >= 0.6 is 0 Å². The first-order valence-corrected chi connectivity index (χ1v) is 16.8. The van der Waals surface area contributed by atoms with Gasteiger partial charge in [-0.05, 0) is 75.5 Å². The van der Waals surface area contributed by atoms with E-state index in [1.807, 2.05) is 48.5 Å². The lowest BCUT2D eigenvalue weighted by atomic mass is 10.1. The summed E-state index contributed by atoms with van der Waals surface area (Å²) in [7, 11) is 4.32. The molecule has 0 unspecified atom stereocenters. The Morgan fingerprint density at radius 1 is 0.556 bits per heavy atom. The zero-order valence-electron chi connectivity index (χ0n) is 27.5. The number of carbonyl (C=O) groups is 2. The quantitative estimate of drug-likeness (QED) is 0.246. The van der Waals surface area contributed by atoms with Gasteiger partial charge in [-0.25, -0.2) is 0 Å². The van der Waals surface area contributed by atoms with Gasteiger partial charge in [0.05, 0.1) is 0 Å². The molecule has 0 aliphatic carbocycles. The Hall–Kier alpha value is -3.18. The molecule has 2 aliphatic heterocycles. The predicted octanol–water partition coefficient (Wildman–Crippen LogP) is 3.05. The SMILES string of the molecule is CN1CCN(CCOc2ccc(C(=O)NCCCCCCCNC(=O)c3ccc(OCCN4CCN(C)CC4)cc3)cc2)CC1. The molecule has 2 heterocycles. The maximum Gasteiger partial charge on any atom is 0.251 e. The van der Waals surface area contributed by atoms with Crippen LogP contribution in [0.3, 0.4) is 0 Å². The number of hydrogen-bond acceptors (Lipinski definition) is 8. The van der Waals surface area contributed by atoms with Crippen molar-refractivity contribution in [1.29, 1.82) is 0 Å². The lowest BCUT2D eigenvalue weighted by molar-refractivity contribution is 0.0945. The van der Waals surface area contributed by atoms with Crippen LogP contribution in [0.25, 0.3) is 0 Å². The van der Waals surface area contributed by atoms with Crippen molar-refractivity contribution >= 4 is 11.8 Å². The van der Waals surface area contributed by atoms with Gasteiger partial charge in [0.15, 0.2) is 0 Å². The smallest absolute Gasteiger partial charge is 0.251 e. The van der Waals surface area contributed by atoms with Crippen LogP contribution in [-0.2, 0) is 0 Å². The van der Waals surface area contributed by atoms with Crippen molar-refractivity contribution in [2.45, 2.75) is 32.1 Å². The Kier molecular flexibility index (Phi) is 14.9. The van der Waals surface area contributed by atoms with Crippen LogP contribution in [0, 0.1) is 0 Å². The molecule has 2 N–H and O–H groups in total. The van der Waals surface area contributed by atoms with Gasteiger partial charge in [0.2, 0.25) is 0 Å². The van der Waals surface area contributed by atoms with E-state index in [2.05, 4.69) is 44.3 Å². The zero-order chi connectivity index (χ0) is 31.7. The van der Waals surface area contributed by atoms with Crippen LogP contribution in [0.4, 0.5) is 0 Å². The molecule has 0 spiro atoms. The normalized spacial score (nSPS) is 16.8. The second-order valence-corrected chi connectivity index (χ2v) is 12.3. The fourth-order valence-corrected chi connectivity index (χ4v) is 5.52. The fraction of sp³-hybridized carbons (Fsp3) is 0.600. The second-order valence-electron chi connectivity index (χ2n) is 12.3. The predicted molar refractivity (Wildman–Crippen MR) is 179 cm³/mol. The summed E-state index contributed by atoms with van der Waals surface area (Å²) in [6.07, 6.45) is 5.05. The monoisotopic (exact) mass is 622 g/mol. The van der Waals surface area contributed by atoms with Gasteiger partial charge in [-0.2, -0.15) is 0 Å². The third-order valence-electron chi connectivity index (χ3n) is 8.70. The Labute approximate surface area is 270 Å². The van der Waals surface area contributed by atoms with Gasteiger partial charge in [-0.1, -0.05) is 19.3 Å². The molecule has 10 heteroatoms. The molecule has 0 bridgehead atoms. The van der Waals surface area contributed by atoms with E-state index in [4.69, 9.17) is 9.47 Å². The number of hydrogen-bond donors (Lipinski definition) is 2. The van der Waals surface area contributed by atoms with Gasteiger partial charge in [0.1, 0.15) is 24.7 Å². The van der Waals surface area contributed by atoms with Crippen molar-refractivity contribution < 1.29 is 19.1 Å². The maximum absolute atomic E-state index is 12.5. The van der Waals surface area contributed by atoms with Gasteiger partial charge in [-0.3, -0.25) is 19.4 Å². The summed E-state index contributed by atoms with van der Waals surface area (Å²) < 4.78 is 11.8. The molecule has 45 heavy (non-hydrogen) atoms. The summed E-state index contributed by atoms with van der Waals surface area (Å²) in [5, 5.41) is 6.03. The van der Waals surface area contributed by atoms with Gasteiger partial charge >= 0.3 is 0 Å². The molecule has 0 aromatic heterocycles. The molecule has 2 aromatic carbocycles. The van der Waals surface area contributed by atoms with E-state index < -0.39 is 0 Å². The number of likely N-dealkylation sites (N-methyl/N-ethyl adjacent to an activating group) is 2. The summed E-state index contributed by atoms with van der Waals surface area (Å²) >= 11 is 0. The molecule has 2 aliphatic rings. The molecular weight excluding hydrogens is 568 g/mol. The number of nitrogens with one attached hydrogen (secondary N) is 2. The maximum atomic E-state index is 12.5. The molecule has 2 aromatic rings. The number of nitrogens with zero attached hydrogens (tertiary/aromatic N) is 4. The van der Waals surface area contributed by atoms with Crippen LogP contribution in [0.1, 0.15) is 52.8 Å². The minimum absolute atomic E-state index is 0.0491. The lowest BCUT2D eigenvalue weighted by Crippen LogP contribution is -2.45. The summed E-state index contributed by atoms with van der Waals surface area (Å²) in [5.41, 5.74) is 1.31. The minimum Gasteiger partial charge on any atom is -0.492 e. The van der Waals surface area contributed by atoms with Crippen molar-refractivity contribution in [2.24, 2.45) is 0 Å². The molecule has 2 saturated heterocycles. The van der Waals surface area contributed by atoms with Crippen LogP contribution < -0.4 is 20.1 Å². The van der Waals surface area contributed by atoms with Crippen LogP contribution in [0.2, 0.25) is 0 Å². The van der Waals surface area contributed by atoms with Crippen LogP contribution in [0.5, 0.6) is 11.5 Å². The average Bonchev–Trinajstić information content (AvgIpc) is 3.06. The first kappa shape index (κ1) is 34.7. The van der Waals surface area contributed by atoms with Gasteiger partial charge in [-0.15, -0.1) is 0 Å². The van der Waals surface area contributed by atoms with Gasteiger partial charge in [0, 0.05) is 89.7 Å². The third-order valence-corrected chi connectivity index (χ3v) is 8.70. The lowest BCUT2D eigenvalue weighted by Gasteiger charge is -2.32. The van der Waals surface area contributed by atoms with E-state index >= 15 is 0 Å². The molecular formula is C35H54N6O4. The molecule has 2 fully saturated rings. The van der Waals surface area contributed by atoms with E-state index in [-0.39, 0.29) is 11.8 Å². The summed E-state index contributed by atoms with van der Waals surface area (Å²) in [6.45, 7) is 13.2. The van der Waals surface area contributed by atoms with Crippen molar-refractivity contribution in [2.75, 3.05) is 106 Å². The number of unbranched alkanes of at least 4 members (excludes halogenated alkanes) is 4. The average molecular weight is 623 g/mol. The van der Waals surface area contributed by atoms with E-state index in [9.17, 15) is 9.59 Å². The highest BCUT2D eigenvalue weighted by atomic mass is 16.5. The van der Waals surface area contributed by atoms with Crippen molar-refractivity contribution in [3.05, 3.63) is 59.7 Å². The number of amides is 2. The molecule has 4 rings (SSSR count). The highest BCUT2D eigenvalue weighted by molar-refractivity contribution is 5.94. The molecule has 248 valence electrons. The number of carbonyl (C=O) groups excluding carboxylic acids is 2. The highest BCUT2D eigenvalue weighted by Crippen LogP contribution is 2.14. The Morgan fingerprint density at radius 2 is 0.911 bits per heavy atom. The van der Waals surface area contributed by atoms with Gasteiger partial charge in [0.25, 0.3) is 11.8 Å². The molecule has 10 nitrogen and oxygen atoms in total. The molecule has 0 radical (unpaired) electrons. The van der Waals surface area contributed by atoms with Crippen LogP contribution in [0.15, 0.2) is 48.5 Å². The van der Waals surface area contributed by atoms with Crippen molar-refractivity contribution in [1.82, 2.24) is 30.2 Å². The topological polar surface area (TPSA) is 89.6 Å². The fourth-order valence-electron chi connectivity index (χ4n) is 5.52. The summed E-state index contributed by atoms with van der Waals surface area (Å²) in [4.78, 5) is 34.5. The highest BCUT2D eigenvalue weighted by Gasteiger charge is 2.14. The zero-order valence-corrected chi connectivity index (χ0v) is 27.5. The van der Waals surface area contributed by atoms with E-state index in [1.54, 1.807) is 0 Å². The van der Waals surface area contributed by atoms with E-state index in [0.29, 0.717) is 37.4 Å². The first-order chi connectivity index (χ1) is 22.0. The van der Waals surface area contributed by atoms with E-state index in [0.717, 1.165) is 109 Å². The summed E-state index contributed by atoms with van der Waals surface area (Å²) in [5.74, 6) is 1.50. The number of piperazine rings is 2. The van der Waals surface area contributed by atoms with Gasteiger partial charge < -0.3 is 29.9 Å². The standard InChI is InChI=1S/C35H54N6O4/c1-38-18-22-40(23-19-38)26-28-44-32-12-8-30(9-13-32)34(42)36-16-6-4-3-5-7-17-37-35(43)31-10-14-33(15-11-31)45-29-27-41-24-20-39(2)21-25-41/h8-15H,3-7,16-29H2,1-2H3,(H,36,42)(H,37,43). The number of ether oxygens (including phenoxy) is 2. The molecule has 0 saturated carbocycles. The van der Waals surface area contributed by atoms with E-state index in [1.165, 1.54) is 0 Å². The van der Waals surface area contributed by atoms with Crippen LogP contribution in [-0.4, -0.2) is 137 Å².